The van der Waals surface area contributed by atoms with E-state index in [1.165, 1.54) is 4.57 Å². The highest BCUT2D eigenvalue weighted by Gasteiger charge is 2.12. The van der Waals surface area contributed by atoms with E-state index in [4.69, 9.17) is 4.42 Å². The van der Waals surface area contributed by atoms with Gasteiger partial charge in [-0.1, -0.05) is 12.1 Å². The van der Waals surface area contributed by atoms with E-state index in [0.717, 1.165) is 11.4 Å². The molecule has 0 aliphatic carbocycles. The van der Waals surface area contributed by atoms with Gasteiger partial charge in [-0.05, 0) is 44.2 Å². The number of fused-ring (bicyclic) bond motifs is 1. The van der Waals surface area contributed by atoms with Crippen LogP contribution in [0.2, 0.25) is 0 Å². The van der Waals surface area contributed by atoms with Crippen LogP contribution in [0, 0.1) is 13.8 Å². The van der Waals surface area contributed by atoms with Gasteiger partial charge in [0.25, 0.3) is 0 Å². The van der Waals surface area contributed by atoms with Crippen LogP contribution in [-0.2, 0) is 11.3 Å². The molecular weight excluding hydrogens is 386 g/mol. The van der Waals surface area contributed by atoms with E-state index < -0.39 is 5.76 Å². The summed E-state index contributed by atoms with van der Waals surface area (Å²) in [6, 6.07) is 12.6. The lowest BCUT2D eigenvalue weighted by Crippen LogP contribution is -2.33. The molecule has 154 valence electrons. The normalized spacial score (nSPS) is 11.0. The molecule has 0 aliphatic heterocycles. The highest BCUT2D eigenvalue weighted by Crippen LogP contribution is 2.12. The van der Waals surface area contributed by atoms with E-state index in [1.807, 2.05) is 26.0 Å². The van der Waals surface area contributed by atoms with Gasteiger partial charge in [0.15, 0.2) is 11.4 Å². The maximum absolute atomic E-state index is 12.2. The third-order valence-electron chi connectivity index (χ3n) is 4.51. The van der Waals surface area contributed by atoms with Crippen LogP contribution < -0.4 is 16.4 Å². The molecule has 4 aromatic rings. The number of aromatic nitrogens is 5. The number of hydrogen-bond acceptors (Lipinski definition) is 7. The Bertz CT molecular complexity index is 1240. The molecule has 0 bridgehead atoms. The van der Waals surface area contributed by atoms with E-state index in [2.05, 4.69) is 25.9 Å². The van der Waals surface area contributed by atoms with Crippen LogP contribution in [0.25, 0.3) is 16.9 Å². The fourth-order valence-corrected chi connectivity index (χ4v) is 3.15. The zero-order valence-electron chi connectivity index (χ0n) is 16.6. The monoisotopic (exact) mass is 407 g/mol. The molecule has 0 unspecified atom stereocenters. The molecule has 4 rings (SSSR count). The van der Waals surface area contributed by atoms with Crippen molar-refractivity contribution >= 4 is 22.8 Å². The van der Waals surface area contributed by atoms with Gasteiger partial charge in [0.2, 0.25) is 5.91 Å². The van der Waals surface area contributed by atoms with E-state index in [1.54, 1.807) is 35.0 Å². The van der Waals surface area contributed by atoms with Crippen molar-refractivity contribution in [1.29, 1.82) is 0 Å². The molecule has 3 heterocycles. The van der Waals surface area contributed by atoms with Crippen LogP contribution >= 0.6 is 0 Å². The Kier molecular flexibility index (Phi) is 5.29. The average Bonchev–Trinajstić information content (AvgIpc) is 3.24. The number of nitrogens with zero attached hydrogens (tertiary/aromatic N) is 5. The Hall–Kier alpha value is -3.95. The topological polar surface area (TPSA) is 120 Å². The number of rotatable bonds is 7. The first kappa shape index (κ1) is 19.4. The van der Waals surface area contributed by atoms with Crippen molar-refractivity contribution in [3.63, 3.8) is 0 Å². The third kappa shape index (κ3) is 4.07. The van der Waals surface area contributed by atoms with Crippen LogP contribution in [-0.4, -0.2) is 43.5 Å². The second-order valence-electron chi connectivity index (χ2n) is 6.81. The average molecular weight is 407 g/mol. The van der Waals surface area contributed by atoms with Gasteiger partial charge in [0, 0.05) is 18.8 Å². The molecule has 3 aromatic heterocycles. The van der Waals surface area contributed by atoms with Crippen LogP contribution in [0.4, 0.5) is 5.82 Å². The second kappa shape index (κ2) is 8.19. The zero-order valence-corrected chi connectivity index (χ0v) is 16.6. The van der Waals surface area contributed by atoms with Gasteiger partial charge < -0.3 is 15.1 Å². The Morgan fingerprint density at radius 2 is 1.93 bits per heavy atom. The van der Waals surface area contributed by atoms with Crippen molar-refractivity contribution in [3.05, 3.63) is 64.4 Å². The minimum absolute atomic E-state index is 0.104. The van der Waals surface area contributed by atoms with Crippen molar-refractivity contribution in [2.45, 2.75) is 20.4 Å². The number of amides is 1. The number of oxazole rings is 1. The number of aryl methyl sites for hydroxylation is 2. The SMILES string of the molecule is Cc1cc(C)n(-c2ccc(NCCNC(=O)Cn3c(=O)oc4ccccc43)nn2)n1. The van der Waals surface area contributed by atoms with Gasteiger partial charge in [0.1, 0.15) is 12.4 Å². The molecule has 0 radical (unpaired) electrons. The lowest BCUT2D eigenvalue weighted by atomic mass is 10.3. The maximum Gasteiger partial charge on any atom is 0.420 e. The number of nitrogens with one attached hydrogen (secondary N) is 2. The Labute approximate surface area is 171 Å². The zero-order chi connectivity index (χ0) is 21.1. The molecule has 0 saturated heterocycles. The molecule has 30 heavy (non-hydrogen) atoms. The van der Waals surface area contributed by atoms with Crippen LogP contribution in [0.5, 0.6) is 0 Å². The molecule has 10 heteroatoms. The molecule has 10 nitrogen and oxygen atoms in total. The quantitative estimate of drug-likeness (QED) is 0.445. The number of carbonyl (C=O) groups is 1. The summed E-state index contributed by atoms with van der Waals surface area (Å²) in [5, 5.41) is 18.5. The molecular formula is C20H21N7O3. The summed E-state index contributed by atoms with van der Waals surface area (Å²) >= 11 is 0. The fourth-order valence-electron chi connectivity index (χ4n) is 3.15. The van der Waals surface area contributed by atoms with Crippen molar-refractivity contribution < 1.29 is 9.21 Å². The number of hydrogen-bond donors (Lipinski definition) is 2. The van der Waals surface area contributed by atoms with Gasteiger partial charge in [-0.3, -0.25) is 9.36 Å². The molecule has 0 atom stereocenters. The van der Waals surface area contributed by atoms with Crippen molar-refractivity contribution in [2.75, 3.05) is 18.4 Å². The lowest BCUT2D eigenvalue weighted by Gasteiger charge is -2.08. The first-order chi connectivity index (χ1) is 14.5. The Balaban J connectivity index is 1.27. The highest BCUT2D eigenvalue weighted by molar-refractivity contribution is 5.79. The van der Waals surface area contributed by atoms with Crippen LogP contribution in [0.15, 0.2) is 51.7 Å². The number of para-hydroxylation sites is 2. The standard InChI is InChI=1S/C20H21N7O3/c1-13-11-14(2)27(25-13)18-8-7-17(23-24-18)21-9-10-22-19(28)12-26-15-5-3-4-6-16(15)30-20(26)29/h3-8,11H,9-10,12H2,1-2H3,(H,21,23)(H,22,28). The third-order valence-corrected chi connectivity index (χ3v) is 4.51. The summed E-state index contributed by atoms with van der Waals surface area (Å²) in [5.41, 5.74) is 2.95. The predicted octanol–water partition coefficient (Wildman–Crippen LogP) is 1.42. The Morgan fingerprint density at radius 1 is 1.10 bits per heavy atom. The Morgan fingerprint density at radius 3 is 2.67 bits per heavy atom. The maximum atomic E-state index is 12.2. The van der Waals surface area contributed by atoms with Crippen molar-refractivity contribution in [3.8, 4) is 5.82 Å². The first-order valence-electron chi connectivity index (χ1n) is 9.47. The summed E-state index contributed by atoms with van der Waals surface area (Å²) in [4.78, 5) is 24.1. The summed E-state index contributed by atoms with van der Waals surface area (Å²) < 4.78 is 8.16. The summed E-state index contributed by atoms with van der Waals surface area (Å²) in [7, 11) is 0. The molecule has 1 amide bonds. The van der Waals surface area contributed by atoms with E-state index in [9.17, 15) is 9.59 Å². The smallest absolute Gasteiger partial charge is 0.408 e. The summed E-state index contributed by atoms with van der Waals surface area (Å²) in [5.74, 6) is 0.391. The molecule has 0 saturated carbocycles. The summed E-state index contributed by atoms with van der Waals surface area (Å²) in [6.07, 6.45) is 0. The van der Waals surface area contributed by atoms with Crippen LogP contribution in [0.1, 0.15) is 11.4 Å². The largest absolute Gasteiger partial charge is 0.420 e. The lowest BCUT2D eigenvalue weighted by molar-refractivity contribution is -0.121. The minimum Gasteiger partial charge on any atom is -0.408 e. The second-order valence-corrected chi connectivity index (χ2v) is 6.81. The van der Waals surface area contributed by atoms with Gasteiger partial charge >= 0.3 is 5.76 Å². The number of anilines is 1. The van der Waals surface area contributed by atoms with Gasteiger partial charge in [-0.2, -0.15) is 5.10 Å². The fraction of sp³-hybridized carbons (Fsp3) is 0.250. The van der Waals surface area contributed by atoms with E-state index >= 15 is 0 Å². The predicted molar refractivity (Wildman–Crippen MR) is 111 cm³/mol. The van der Waals surface area contributed by atoms with Crippen LogP contribution in [0.3, 0.4) is 0 Å². The highest BCUT2D eigenvalue weighted by atomic mass is 16.4. The van der Waals surface area contributed by atoms with E-state index in [0.29, 0.717) is 35.8 Å². The molecule has 1 aromatic carbocycles. The van der Waals surface area contributed by atoms with Crippen molar-refractivity contribution in [2.24, 2.45) is 0 Å². The molecule has 0 aliphatic rings. The molecule has 0 fully saturated rings. The van der Waals surface area contributed by atoms with Crippen molar-refractivity contribution in [1.82, 2.24) is 29.9 Å². The van der Waals surface area contributed by atoms with Gasteiger partial charge in [0.05, 0.1) is 11.2 Å². The summed E-state index contributed by atoms with van der Waals surface area (Å²) in [6.45, 7) is 4.60. The molecule has 0 spiro atoms. The number of benzene rings is 1. The van der Waals surface area contributed by atoms with Gasteiger partial charge in [-0.15, -0.1) is 10.2 Å². The molecule has 2 N–H and O–H groups in total. The van der Waals surface area contributed by atoms with Gasteiger partial charge in [-0.25, -0.2) is 9.48 Å². The minimum atomic E-state index is -0.553. The first-order valence-corrected chi connectivity index (χ1v) is 9.47. The number of carbonyl (C=O) groups excluding carboxylic acids is 1. The van der Waals surface area contributed by atoms with E-state index in [-0.39, 0.29) is 12.5 Å².